The van der Waals surface area contributed by atoms with E-state index in [2.05, 4.69) is 22.1 Å². The van der Waals surface area contributed by atoms with E-state index >= 15 is 0 Å². The summed E-state index contributed by atoms with van der Waals surface area (Å²) in [4.78, 5) is 13.4. The van der Waals surface area contributed by atoms with Gasteiger partial charge in [-0.3, -0.25) is 9.36 Å². The fraction of sp³-hybridized carbons (Fsp3) is 0.278. The Morgan fingerprint density at radius 2 is 2.35 bits per heavy atom. The Hall–Kier alpha value is -2.32. The highest BCUT2D eigenvalue weighted by Crippen LogP contribution is 2.27. The Balaban J connectivity index is 1.68. The summed E-state index contributed by atoms with van der Waals surface area (Å²) in [5.41, 5.74) is 0.891. The Bertz CT molecular complexity index is 883. The van der Waals surface area contributed by atoms with Crippen molar-refractivity contribution in [3.63, 3.8) is 0 Å². The molecular formula is C18H20N4O2S2. The van der Waals surface area contributed by atoms with E-state index in [1.165, 1.54) is 11.8 Å². The summed E-state index contributed by atoms with van der Waals surface area (Å²) in [7, 11) is 0. The zero-order valence-corrected chi connectivity index (χ0v) is 16.3. The van der Waals surface area contributed by atoms with Gasteiger partial charge in [-0.2, -0.15) is 0 Å². The standard InChI is InChI=1S/C18H20N4O2S2/c1-4-8-22-17(14-7-9-24-13(14)3)20-21-18(22)26-11-16(23)19-12(2)15-6-5-10-25-15/h4-7,9-10,12H,1,8,11H2,2-3H3,(H,19,23). The van der Waals surface area contributed by atoms with Crippen LogP contribution in [-0.4, -0.2) is 26.4 Å². The number of thioether (sulfide) groups is 1. The maximum absolute atomic E-state index is 12.3. The first-order valence-corrected chi connectivity index (χ1v) is 10.0. The van der Waals surface area contributed by atoms with Crippen LogP contribution in [-0.2, 0) is 11.3 Å². The van der Waals surface area contributed by atoms with Crippen molar-refractivity contribution in [3.8, 4) is 11.4 Å². The third kappa shape index (κ3) is 4.08. The molecule has 0 aliphatic rings. The monoisotopic (exact) mass is 388 g/mol. The second kappa shape index (κ2) is 8.37. The lowest BCUT2D eigenvalue weighted by Gasteiger charge is -2.12. The largest absolute Gasteiger partial charge is 0.469 e. The van der Waals surface area contributed by atoms with Crippen molar-refractivity contribution < 1.29 is 9.21 Å². The number of nitrogens with zero attached hydrogens (tertiary/aromatic N) is 3. The molecule has 0 fully saturated rings. The van der Waals surface area contributed by atoms with Crippen LogP contribution in [0.3, 0.4) is 0 Å². The molecule has 0 aromatic carbocycles. The van der Waals surface area contributed by atoms with Crippen molar-refractivity contribution in [3.05, 3.63) is 53.1 Å². The van der Waals surface area contributed by atoms with E-state index in [-0.39, 0.29) is 17.7 Å². The van der Waals surface area contributed by atoms with Crippen LogP contribution in [0.15, 0.2) is 52.1 Å². The van der Waals surface area contributed by atoms with Gasteiger partial charge in [0.25, 0.3) is 0 Å². The summed E-state index contributed by atoms with van der Waals surface area (Å²) < 4.78 is 7.30. The maximum Gasteiger partial charge on any atom is 0.230 e. The molecule has 0 spiro atoms. The number of aryl methyl sites for hydroxylation is 1. The summed E-state index contributed by atoms with van der Waals surface area (Å²) in [5, 5.41) is 14.2. The van der Waals surface area contributed by atoms with Crippen LogP contribution in [0.5, 0.6) is 0 Å². The Morgan fingerprint density at radius 3 is 3.00 bits per heavy atom. The minimum atomic E-state index is -0.0369. The average Bonchev–Trinajstić information content (AvgIpc) is 3.34. The molecule has 3 heterocycles. The van der Waals surface area contributed by atoms with Crippen LogP contribution in [0.2, 0.25) is 0 Å². The summed E-state index contributed by atoms with van der Waals surface area (Å²) in [6.45, 7) is 8.22. The van der Waals surface area contributed by atoms with Crippen molar-refractivity contribution in [2.24, 2.45) is 0 Å². The fourth-order valence-electron chi connectivity index (χ4n) is 2.53. The highest BCUT2D eigenvalue weighted by Gasteiger charge is 2.18. The third-order valence-corrected chi connectivity index (χ3v) is 5.83. The molecule has 1 N–H and O–H groups in total. The number of nitrogens with one attached hydrogen (secondary N) is 1. The number of carbonyl (C=O) groups excluding carboxylic acids is 1. The highest BCUT2D eigenvalue weighted by molar-refractivity contribution is 7.99. The predicted octanol–water partition coefficient (Wildman–Crippen LogP) is 4.06. The van der Waals surface area contributed by atoms with Crippen molar-refractivity contribution >= 4 is 29.0 Å². The number of allylic oxidation sites excluding steroid dienone is 1. The van der Waals surface area contributed by atoms with Crippen LogP contribution in [0.25, 0.3) is 11.4 Å². The topological polar surface area (TPSA) is 73.0 Å². The molecule has 1 amide bonds. The van der Waals surface area contributed by atoms with Gasteiger partial charge in [-0.25, -0.2) is 0 Å². The molecule has 0 aliphatic heterocycles. The second-order valence-corrected chi connectivity index (χ2v) is 7.61. The van der Waals surface area contributed by atoms with Crippen molar-refractivity contribution in [2.75, 3.05) is 5.75 Å². The van der Waals surface area contributed by atoms with Crippen LogP contribution in [0, 0.1) is 6.92 Å². The van der Waals surface area contributed by atoms with E-state index in [1.54, 1.807) is 23.7 Å². The number of thiophene rings is 1. The Labute approximate surface area is 160 Å². The second-order valence-electron chi connectivity index (χ2n) is 5.69. The third-order valence-electron chi connectivity index (χ3n) is 3.81. The van der Waals surface area contributed by atoms with Gasteiger partial charge in [-0.15, -0.1) is 28.1 Å². The normalized spacial score (nSPS) is 12.1. The molecule has 0 bridgehead atoms. The van der Waals surface area contributed by atoms with E-state index in [4.69, 9.17) is 4.42 Å². The van der Waals surface area contributed by atoms with Crippen LogP contribution >= 0.6 is 23.1 Å². The van der Waals surface area contributed by atoms with Gasteiger partial charge < -0.3 is 9.73 Å². The van der Waals surface area contributed by atoms with E-state index in [1.807, 2.05) is 42.0 Å². The molecule has 8 heteroatoms. The lowest BCUT2D eigenvalue weighted by Crippen LogP contribution is -2.27. The molecule has 0 saturated carbocycles. The van der Waals surface area contributed by atoms with Gasteiger partial charge in [0, 0.05) is 11.4 Å². The van der Waals surface area contributed by atoms with Crippen LogP contribution in [0.1, 0.15) is 23.6 Å². The lowest BCUT2D eigenvalue weighted by atomic mass is 10.2. The first-order chi connectivity index (χ1) is 12.6. The van der Waals surface area contributed by atoms with Gasteiger partial charge in [0.1, 0.15) is 5.76 Å². The van der Waals surface area contributed by atoms with Crippen molar-refractivity contribution in [1.82, 2.24) is 20.1 Å². The number of rotatable bonds is 8. The minimum absolute atomic E-state index is 0.00159. The molecule has 136 valence electrons. The number of hydrogen-bond donors (Lipinski definition) is 1. The minimum Gasteiger partial charge on any atom is -0.469 e. The quantitative estimate of drug-likeness (QED) is 0.465. The summed E-state index contributed by atoms with van der Waals surface area (Å²) in [6, 6.07) is 5.86. The predicted molar refractivity (Wildman–Crippen MR) is 104 cm³/mol. The van der Waals surface area contributed by atoms with Crippen LogP contribution in [0.4, 0.5) is 0 Å². The molecule has 1 unspecified atom stereocenters. The zero-order valence-electron chi connectivity index (χ0n) is 14.6. The molecule has 1 atom stereocenters. The van der Waals surface area contributed by atoms with E-state index in [9.17, 15) is 4.79 Å². The number of furan rings is 1. The Kier molecular flexibility index (Phi) is 5.95. The number of aromatic nitrogens is 3. The van der Waals surface area contributed by atoms with Crippen LogP contribution < -0.4 is 5.32 Å². The molecule has 0 radical (unpaired) electrons. The molecule has 3 aromatic rings. The molecule has 0 aliphatic carbocycles. The summed E-state index contributed by atoms with van der Waals surface area (Å²) in [6.07, 6.45) is 3.41. The van der Waals surface area contributed by atoms with Gasteiger partial charge in [-0.05, 0) is 31.4 Å². The first kappa shape index (κ1) is 18.5. The number of hydrogen-bond acceptors (Lipinski definition) is 6. The van der Waals surface area contributed by atoms with Gasteiger partial charge in [-0.1, -0.05) is 23.9 Å². The number of amides is 1. The van der Waals surface area contributed by atoms with E-state index in [0.717, 1.165) is 16.2 Å². The molecular weight excluding hydrogens is 368 g/mol. The van der Waals surface area contributed by atoms with E-state index < -0.39 is 0 Å². The summed E-state index contributed by atoms with van der Waals surface area (Å²) in [5.74, 6) is 1.73. The molecule has 3 rings (SSSR count). The average molecular weight is 389 g/mol. The van der Waals surface area contributed by atoms with Crippen molar-refractivity contribution in [1.29, 1.82) is 0 Å². The first-order valence-electron chi connectivity index (χ1n) is 8.14. The van der Waals surface area contributed by atoms with Gasteiger partial charge >= 0.3 is 0 Å². The number of carbonyl (C=O) groups is 1. The molecule has 6 nitrogen and oxygen atoms in total. The smallest absolute Gasteiger partial charge is 0.230 e. The van der Waals surface area contributed by atoms with Gasteiger partial charge in [0.2, 0.25) is 5.91 Å². The highest BCUT2D eigenvalue weighted by atomic mass is 32.2. The lowest BCUT2D eigenvalue weighted by molar-refractivity contribution is -0.119. The SMILES string of the molecule is C=CCn1c(SCC(=O)NC(C)c2cccs2)nnc1-c1ccoc1C. The van der Waals surface area contributed by atoms with Gasteiger partial charge in [0.15, 0.2) is 11.0 Å². The van der Waals surface area contributed by atoms with Gasteiger partial charge in [0.05, 0.1) is 23.6 Å². The zero-order chi connectivity index (χ0) is 18.5. The maximum atomic E-state index is 12.3. The molecule has 26 heavy (non-hydrogen) atoms. The Morgan fingerprint density at radius 1 is 1.50 bits per heavy atom. The van der Waals surface area contributed by atoms with E-state index in [0.29, 0.717) is 17.5 Å². The molecule has 0 saturated heterocycles. The molecule has 3 aromatic heterocycles. The fourth-order valence-corrected chi connectivity index (χ4v) is 4.02. The summed E-state index contributed by atoms with van der Waals surface area (Å²) >= 11 is 2.99. The van der Waals surface area contributed by atoms with Crippen molar-refractivity contribution in [2.45, 2.75) is 31.6 Å².